The van der Waals surface area contributed by atoms with Crippen molar-refractivity contribution in [3.63, 3.8) is 0 Å². The first-order valence-electron chi connectivity index (χ1n) is 5.45. The van der Waals surface area contributed by atoms with Gasteiger partial charge in [0.25, 0.3) is 0 Å². The molecule has 0 aromatic heterocycles. The summed E-state index contributed by atoms with van der Waals surface area (Å²) in [6.45, 7) is -1.06. The Morgan fingerprint density at radius 1 is 1.25 bits per heavy atom. The van der Waals surface area contributed by atoms with Gasteiger partial charge >= 0.3 is 19.8 Å². The third-order valence-corrected chi connectivity index (χ3v) is 3.17. The van der Waals surface area contributed by atoms with Crippen LogP contribution in [0.2, 0.25) is 0 Å². The minimum absolute atomic E-state index is 0.0156. The van der Waals surface area contributed by atoms with Crippen molar-refractivity contribution in [3.8, 4) is 0 Å². The molecule has 0 spiro atoms. The number of esters is 1. The molecule has 1 aromatic rings. The second kappa shape index (κ2) is 7.04. The van der Waals surface area contributed by atoms with Gasteiger partial charge in [-0.1, -0.05) is 30.3 Å². The molecule has 1 aromatic carbocycles. The molecular formula is C11H14NO7P. The van der Waals surface area contributed by atoms with Crippen LogP contribution in [0, 0.1) is 0 Å². The Balaban J connectivity index is 2.69. The summed E-state index contributed by atoms with van der Waals surface area (Å²) in [4.78, 5) is 40.7. The van der Waals surface area contributed by atoms with Crippen molar-refractivity contribution in [3.05, 3.63) is 35.9 Å². The summed E-state index contributed by atoms with van der Waals surface area (Å²) >= 11 is 0. The third-order valence-electron chi connectivity index (χ3n) is 2.24. The smallest absolute Gasteiger partial charge is 0.435 e. The maximum Gasteiger partial charge on any atom is 0.435 e. The zero-order chi connectivity index (χ0) is 15.2. The molecule has 0 radical (unpaired) electrons. The Bertz CT molecular complexity index is 513. The van der Waals surface area contributed by atoms with Crippen molar-refractivity contribution in [1.82, 2.24) is 4.67 Å². The van der Waals surface area contributed by atoms with Gasteiger partial charge in [-0.3, -0.25) is 4.79 Å². The molecule has 110 valence electrons. The maximum absolute atomic E-state index is 11.6. The molecule has 8 nitrogen and oxygen atoms in total. The molecule has 0 fully saturated rings. The largest absolute Gasteiger partial charge is 0.468 e. The summed E-state index contributed by atoms with van der Waals surface area (Å²) in [7, 11) is -3.93. The first-order valence-corrected chi connectivity index (χ1v) is 7.02. The summed E-state index contributed by atoms with van der Waals surface area (Å²) in [6, 6.07) is 8.56. The molecule has 0 bridgehead atoms. The van der Waals surface area contributed by atoms with Gasteiger partial charge in [-0.2, -0.15) is 0 Å². The average Bonchev–Trinajstić information content (AvgIpc) is 2.41. The van der Waals surface area contributed by atoms with Gasteiger partial charge in [-0.15, -0.1) is 0 Å². The topological polar surface area (TPSA) is 113 Å². The summed E-state index contributed by atoms with van der Waals surface area (Å²) in [5.74, 6) is -0.968. The Morgan fingerprint density at radius 3 is 2.35 bits per heavy atom. The van der Waals surface area contributed by atoms with Crippen LogP contribution >= 0.6 is 7.75 Å². The van der Waals surface area contributed by atoms with E-state index in [1.807, 2.05) is 0 Å². The highest BCUT2D eigenvalue weighted by atomic mass is 31.2. The van der Waals surface area contributed by atoms with Crippen molar-refractivity contribution in [2.75, 3.05) is 13.7 Å². The summed E-state index contributed by atoms with van der Waals surface area (Å²) < 4.78 is 20.2. The van der Waals surface area contributed by atoms with Crippen LogP contribution in [0.1, 0.15) is 5.56 Å². The second-order valence-corrected chi connectivity index (χ2v) is 5.20. The Hall–Kier alpha value is -1.89. The molecule has 1 amide bonds. The van der Waals surface area contributed by atoms with Crippen molar-refractivity contribution in [2.45, 2.75) is 6.61 Å². The van der Waals surface area contributed by atoms with Crippen molar-refractivity contribution >= 4 is 19.8 Å². The lowest BCUT2D eigenvalue weighted by Crippen LogP contribution is -2.34. The van der Waals surface area contributed by atoms with Crippen molar-refractivity contribution < 1.29 is 33.4 Å². The van der Waals surface area contributed by atoms with E-state index in [-0.39, 0.29) is 11.3 Å². The zero-order valence-electron chi connectivity index (χ0n) is 10.6. The first-order chi connectivity index (χ1) is 9.34. The van der Waals surface area contributed by atoms with E-state index in [1.54, 1.807) is 30.3 Å². The van der Waals surface area contributed by atoms with E-state index in [9.17, 15) is 14.2 Å². The number of nitrogens with zero attached hydrogens (tertiary/aromatic N) is 1. The Kier molecular flexibility index (Phi) is 5.69. The lowest BCUT2D eigenvalue weighted by Gasteiger charge is -2.21. The SMILES string of the molecule is COC(=O)CN(C(=O)OCc1ccccc1)P(=O)(O)O. The van der Waals surface area contributed by atoms with E-state index in [2.05, 4.69) is 4.74 Å². The van der Waals surface area contributed by atoms with Crippen LogP contribution in [0.4, 0.5) is 4.79 Å². The van der Waals surface area contributed by atoms with Crippen LogP contribution in [0.15, 0.2) is 30.3 Å². The number of hydrogen-bond donors (Lipinski definition) is 2. The molecule has 2 N–H and O–H groups in total. The van der Waals surface area contributed by atoms with Crippen LogP contribution < -0.4 is 0 Å². The second-order valence-electron chi connectivity index (χ2n) is 3.69. The van der Waals surface area contributed by atoms with E-state index in [4.69, 9.17) is 14.5 Å². The molecule has 0 aliphatic rings. The number of carbonyl (C=O) groups excluding carboxylic acids is 2. The van der Waals surface area contributed by atoms with Gasteiger partial charge < -0.3 is 19.3 Å². The van der Waals surface area contributed by atoms with E-state index in [1.165, 1.54) is 0 Å². The Morgan fingerprint density at radius 2 is 1.85 bits per heavy atom. The minimum Gasteiger partial charge on any atom is -0.468 e. The highest BCUT2D eigenvalue weighted by Gasteiger charge is 2.34. The normalized spacial score (nSPS) is 10.8. The monoisotopic (exact) mass is 303 g/mol. The minimum atomic E-state index is -4.96. The van der Waals surface area contributed by atoms with E-state index < -0.39 is 26.4 Å². The lowest BCUT2D eigenvalue weighted by molar-refractivity contribution is -0.140. The van der Waals surface area contributed by atoms with Gasteiger partial charge in [-0.25, -0.2) is 14.0 Å². The molecule has 0 saturated carbocycles. The number of amides is 1. The highest BCUT2D eigenvalue weighted by Crippen LogP contribution is 2.40. The number of methoxy groups -OCH3 is 1. The number of rotatable bonds is 5. The van der Waals surface area contributed by atoms with Crippen molar-refractivity contribution in [2.24, 2.45) is 0 Å². The summed E-state index contributed by atoms with van der Waals surface area (Å²) in [5.41, 5.74) is 0.643. The van der Waals surface area contributed by atoms with Crippen molar-refractivity contribution in [1.29, 1.82) is 0 Å². The third kappa shape index (κ3) is 5.00. The van der Waals surface area contributed by atoms with Gasteiger partial charge in [0, 0.05) is 0 Å². The quantitative estimate of drug-likeness (QED) is 0.613. The molecule has 0 aliphatic carbocycles. The number of ether oxygens (including phenoxy) is 2. The molecule has 9 heteroatoms. The zero-order valence-corrected chi connectivity index (χ0v) is 11.5. The van der Waals surface area contributed by atoms with Crippen LogP contribution in [-0.2, 0) is 25.4 Å². The Labute approximate surface area is 115 Å². The molecule has 0 atom stereocenters. The predicted molar refractivity (Wildman–Crippen MR) is 67.4 cm³/mol. The standard InChI is InChI=1S/C11H14NO7P/c1-18-10(13)7-12(20(15,16)17)11(14)19-8-9-5-3-2-4-6-9/h2-6H,7-8H2,1H3,(H2,15,16,17). The van der Waals surface area contributed by atoms with Gasteiger partial charge in [0.15, 0.2) is 0 Å². The van der Waals surface area contributed by atoms with Gasteiger partial charge in [0.2, 0.25) is 0 Å². The van der Waals surface area contributed by atoms with Crippen LogP contribution in [0.5, 0.6) is 0 Å². The number of carbonyl (C=O) groups is 2. The van der Waals surface area contributed by atoms with Crippen LogP contribution in [0.25, 0.3) is 0 Å². The highest BCUT2D eigenvalue weighted by molar-refractivity contribution is 7.49. The number of benzene rings is 1. The fourth-order valence-corrected chi connectivity index (χ4v) is 1.81. The molecule has 0 saturated heterocycles. The number of hydrogen-bond acceptors (Lipinski definition) is 5. The molecule has 20 heavy (non-hydrogen) atoms. The van der Waals surface area contributed by atoms with E-state index in [0.29, 0.717) is 5.56 Å². The van der Waals surface area contributed by atoms with E-state index in [0.717, 1.165) is 7.11 Å². The molecule has 0 aliphatic heterocycles. The lowest BCUT2D eigenvalue weighted by atomic mass is 10.2. The molecular weight excluding hydrogens is 289 g/mol. The molecule has 0 heterocycles. The fourth-order valence-electron chi connectivity index (χ4n) is 1.24. The molecule has 0 unspecified atom stereocenters. The summed E-state index contributed by atoms with van der Waals surface area (Å²) in [5, 5.41) is 0. The van der Waals surface area contributed by atoms with Crippen LogP contribution in [-0.4, -0.2) is 40.2 Å². The first kappa shape index (κ1) is 16.2. The van der Waals surface area contributed by atoms with E-state index >= 15 is 0 Å². The molecule has 1 rings (SSSR count). The predicted octanol–water partition coefficient (Wildman–Crippen LogP) is 0.891. The van der Waals surface area contributed by atoms with Crippen LogP contribution in [0.3, 0.4) is 0 Å². The average molecular weight is 303 g/mol. The fraction of sp³-hybridized carbons (Fsp3) is 0.273. The van der Waals surface area contributed by atoms with Gasteiger partial charge in [0.05, 0.1) is 7.11 Å². The van der Waals surface area contributed by atoms with Gasteiger partial charge in [0.1, 0.15) is 13.2 Å². The van der Waals surface area contributed by atoms with Gasteiger partial charge in [-0.05, 0) is 5.56 Å². The maximum atomic E-state index is 11.6. The summed E-state index contributed by atoms with van der Waals surface area (Å²) in [6.07, 6.45) is -1.30.